The number of benzene rings is 2. The molecule has 170 valence electrons. The Bertz CT molecular complexity index is 1330. The number of hydrogen-bond donors (Lipinski definition) is 2. The van der Waals surface area contributed by atoms with Crippen molar-refractivity contribution in [1.29, 1.82) is 0 Å². The monoisotopic (exact) mass is 455 g/mol. The molecule has 0 bridgehead atoms. The lowest BCUT2D eigenvalue weighted by molar-refractivity contribution is -0.173. The number of carbonyl (C=O) groups excluding carboxylic acids is 2. The van der Waals surface area contributed by atoms with Gasteiger partial charge in [0, 0.05) is 33.8 Å². The Morgan fingerprint density at radius 3 is 2.67 bits per heavy atom. The molecular formula is C24H20F3N3O3. The van der Waals surface area contributed by atoms with Crippen LogP contribution >= 0.6 is 0 Å². The molecule has 9 heteroatoms. The first kappa shape index (κ1) is 21.2. The minimum atomic E-state index is -4.93. The molecule has 0 saturated heterocycles. The Morgan fingerprint density at radius 2 is 1.97 bits per heavy atom. The Morgan fingerprint density at radius 1 is 1.21 bits per heavy atom. The van der Waals surface area contributed by atoms with Crippen LogP contribution in [0.4, 0.5) is 13.2 Å². The molecule has 0 spiro atoms. The van der Waals surface area contributed by atoms with Crippen LogP contribution in [0.2, 0.25) is 0 Å². The molecular weight excluding hydrogens is 435 g/mol. The highest BCUT2D eigenvalue weighted by atomic mass is 19.4. The summed E-state index contributed by atoms with van der Waals surface area (Å²) in [5.41, 5.74) is 4.16. The van der Waals surface area contributed by atoms with Gasteiger partial charge in [0.15, 0.2) is 5.78 Å². The van der Waals surface area contributed by atoms with Crippen LogP contribution in [0.1, 0.15) is 52.6 Å². The van der Waals surface area contributed by atoms with Crippen molar-refractivity contribution in [2.75, 3.05) is 13.2 Å². The summed E-state index contributed by atoms with van der Waals surface area (Å²) in [6, 6.07) is 11.1. The van der Waals surface area contributed by atoms with E-state index in [-0.39, 0.29) is 25.0 Å². The fraction of sp³-hybridized carbons (Fsp3) is 0.292. The van der Waals surface area contributed by atoms with Gasteiger partial charge in [0.05, 0.1) is 12.1 Å². The fourth-order valence-corrected chi connectivity index (χ4v) is 4.35. The summed E-state index contributed by atoms with van der Waals surface area (Å²) >= 11 is 0. The maximum absolute atomic E-state index is 13.4. The molecule has 3 aromatic rings. The molecule has 1 aliphatic carbocycles. The molecule has 0 fully saturated rings. The number of halogens is 3. The Labute approximate surface area is 186 Å². The highest BCUT2D eigenvalue weighted by molar-refractivity contribution is 6.20. The summed E-state index contributed by atoms with van der Waals surface area (Å²) in [5, 5.41) is 2.63. The van der Waals surface area contributed by atoms with Gasteiger partial charge in [-0.2, -0.15) is 13.2 Å². The molecule has 5 rings (SSSR count). The number of nitrogens with zero attached hydrogens (tertiary/aromatic N) is 1. The zero-order valence-electron chi connectivity index (χ0n) is 17.8. The van der Waals surface area contributed by atoms with Crippen molar-refractivity contribution >= 4 is 28.8 Å². The van der Waals surface area contributed by atoms with Crippen molar-refractivity contribution in [3.63, 3.8) is 0 Å². The van der Waals surface area contributed by atoms with Crippen LogP contribution in [0.15, 0.2) is 41.4 Å². The number of fused-ring (bicyclic) bond motifs is 4. The third-order valence-corrected chi connectivity index (χ3v) is 6.14. The van der Waals surface area contributed by atoms with Crippen LogP contribution in [0.5, 0.6) is 5.75 Å². The summed E-state index contributed by atoms with van der Waals surface area (Å²) in [6.45, 7) is 3.57. The van der Waals surface area contributed by atoms with Crippen LogP contribution in [0.25, 0.3) is 10.9 Å². The number of rotatable bonds is 5. The van der Waals surface area contributed by atoms with E-state index in [2.05, 4.69) is 9.98 Å². The standard InChI is InChI=1S/C24H20F3N3O3/c1-23(2)16-10-13(33-8-7-28-22(32)24(25,26)27)4-6-14(16)20(31)19-15-5-3-12(18-11-29-18)9-17(15)30-21(19)23/h3-6,9-11,18,30H,7-8H2,1-2H3,(H,28,32). The van der Waals surface area contributed by atoms with Crippen molar-refractivity contribution in [2.45, 2.75) is 31.5 Å². The minimum absolute atomic E-state index is 0.0926. The first-order valence-corrected chi connectivity index (χ1v) is 10.4. The van der Waals surface area contributed by atoms with Crippen LogP contribution in [0, 0.1) is 0 Å². The molecule has 0 radical (unpaired) electrons. The predicted octanol–water partition coefficient (Wildman–Crippen LogP) is 4.22. The smallest absolute Gasteiger partial charge is 0.471 e. The molecule has 1 unspecified atom stereocenters. The van der Waals surface area contributed by atoms with Gasteiger partial charge >= 0.3 is 12.1 Å². The lowest BCUT2D eigenvalue weighted by atomic mass is 9.71. The molecule has 1 amide bonds. The number of alkyl halides is 3. The number of carbonyl (C=O) groups is 2. The van der Waals surface area contributed by atoms with E-state index in [4.69, 9.17) is 4.74 Å². The zero-order valence-corrected chi connectivity index (χ0v) is 17.8. The number of ether oxygens (including phenoxy) is 1. The molecule has 1 aromatic heterocycles. The van der Waals surface area contributed by atoms with E-state index in [0.29, 0.717) is 16.9 Å². The zero-order chi connectivity index (χ0) is 23.5. The van der Waals surface area contributed by atoms with Crippen LogP contribution in [-0.4, -0.2) is 42.2 Å². The van der Waals surface area contributed by atoms with Crippen LogP contribution in [0.3, 0.4) is 0 Å². The van der Waals surface area contributed by atoms with Gasteiger partial charge in [-0.05, 0) is 35.4 Å². The van der Waals surface area contributed by atoms with Gasteiger partial charge in [-0.25, -0.2) is 0 Å². The number of aliphatic imine (C=N–C) groups is 1. The van der Waals surface area contributed by atoms with Crippen molar-refractivity contribution in [3.05, 3.63) is 64.3 Å². The molecule has 1 aliphatic heterocycles. The molecule has 2 aromatic carbocycles. The average Bonchev–Trinajstić information content (AvgIpc) is 3.54. The van der Waals surface area contributed by atoms with Gasteiger partial charge in [0.25, 0.3) is 0 Å². The average molecular weight is 455 g/mol. The first-order valence-electron chi connectivity index (χ1n) is 10.4. The lowest BCUT2D eigenvalue weighted by Gasteiger charge is -2.32. The van der Waals surface area contributed by atoms with Gasteiger partial charge < -0.3 is 15.0 Å². The molecule has 2 heterocycles. The number of aromatic amines is 1. The molecule has 1 atom stereocenters. The van der Waals surface area contributed by atoms with Crippen LogP contribution in [-0.2, 0) is 10.2 Å². The summed E-state index contributed by atoms with van der Waals surface area (Å²) < 4.78 is 42.4. The molecule has 2 aliphatic rings. The third kappa shape index (κ3) is 3.57. The van der Waals surface area contributed by atoms with Crippen molar-refractivity contribution in [3.8, 4) is 5.75 Å². The Balaban J connectivity index is 1.41. The summed E-state index contributed by atoms with van der Waals surface area (Å²) in [4.78, 5) is 31.9. The van der Waals surface area contributed by atoms with E-state index >= 15 is 0 Å². The van der Waals surface area contributed by atoms with Gasteiger partial charge in [-0.1, -0.05) is 26.0 Å². The molecule has 6 nitrogen and oxygen atoms in total. The SMILES string of the molecule is CC1(C)c2cc(OCCNC(=O)C(F)(F)F)ccc2C(=O)c2c1[nH]c1cc(C3C=N3)ccc21. The minimum Gasteiger partial charge on any atom is -0.492 e. The second kappa shape index (κ2) is 7.19. The Hall–Kier alpha value is -3.62. The van der Waals surface area contributed by atoms with Gasteiger partial charge in [0.1, 0.15) is 18.4 Å². The van der Waals surface area contributed by atoms with E-state index in [1.807, 2.05) is 38.3 Å². The van der Waals surface area contributed by atoms with E-state index in [1.165, 1.54) is 0 Å². The number of H-pyrrole nitrogens is 1. The van der Waals surface area contributed by atoms with E-state index < -0.39 is 17.5 Å². The largest absolute Gasteiger partial charge is 0.492 e. The topological polar surface area (TPSA) is 83.5 Å². The number of ketones is 1. The quantitative estimate of drug-likeness (QED) is 0.565. The normalized spacial score (nSPS) is 18.1. The molecule has 0 saturated carbocycles. The van der Waals surface area contributed by atoms with Crippen molar-refractivity contribution < 1.29 is 27.5 Å². The summed E-state index contributed by atoms with van der Waals surface area (Å²) in [6.07, 6.45) is -3.06. The number of amides is 1. The van der Waals surface area contributed by atoms with Gasteiger partial charge in [0.2, 0.25) is 0 Å². The maximum atomic E-state index is 13.4. The van der Waals surface area contributed by atoms with Crippen LogP contribution < -0.4 is 10.1 Å². The number of nitrogens with one attached hydrogen (secondary N) is 2. The van der Waals surface area contributed by atoms with Crippen molar-refractivity contribution in [2.24, 2.45) is 4.99 Å². The molecule has 33 heavy (non-hydrogen) atoms. The first-order chi connectivity index (χ1) is 15.6. The number of aromatic nitrogens is 1. The fourth-order valence-electron chi connectivity index (χ4n) is 4.35. The highest BCUT2D eigenvalue weighted by Crippen LogP contribution is 2.45. The second-order valence-electron chi connectivity index (χ2n) is 8.69. The van der Waals surface area contributed by atoms with Crippen molar-refractivity contribution in [1.82, 2.24) is 10.3 Å². The summed E-state index contributed by atoms with van der Waals surface area (Å²) in [5.74, 6) is -1.69. The molecule has 2 N–H and O–H groups in total. The van der Waals surface area contributed by atoms with E-state index in [0.717, 1.165) is 27.7 Å². The van der Waals surface area contributed by atoms with E-state index in [1.54, 1.807) is 23.5 Å². The van der Waals surface area contributed by atoms with Gasteiger partial charge in [-0.15, -0.1) is 0 Å². The number of hydrogen-bond acceptors (Lipinski definition) is 4. The predicted molar refractivity (Wildman–Crippen MR) is 116 cm³/mol. The second-order valence-corrected chi connectivity index (χ2v) is 8.69. The van der Waals surface area contributed by atoms with Gasteiger partial charge in [-0.3, -0.25) is 14.6 Å². The lowest BCUT2D eigenvalue weighted by Crippen LogP contribution is -2.38. The third-order valence-electron chi connectivity index (χ3n) is 6.14. The maximum Gasteiger partial charge on any atom is 0.471 e. The summed E-state index contributed by atoms with van der Waals surface area (Å²) in [7, 11) is 0. The van der Waals surface area contributed by atoms with E-state index in [9.17, 15) is 22.8 Å². The highest BCUT2D eigenvalue weighted by Gasteiger charge is 2.40. The Kier molecular flexibility index (Phi) is 4.63.